The summed E-state index contributed by atoms with van der Waals surface area (Å²) in [6.45, 7) is 9.47. The Morgan fingerprint density at radius 1 is 1.03 bits per heavy atom. The largest absolute Gasteiger partial charge is 0.282 e. The van der Waals surface area contributed by atoms with Crippen LogP contribution in [0.5, 0.6) is 0 Å². The summed E-state index contributed by atoms with van der Waals surface area (Å²) in [5.74, 6) is 0.319. The number of para-hydroxylation sites is 1. The van der Waals surface area contributed by atoms with Crippen molar-refractivity contribution in [2.24, 2.45) is 0 Å². The van der Waals surface area contributed by atoms with E-state index in [1.54, 1.807) is 11.3 Å². The highest BCUT2D eigenvalue weighted by molar-refractivity contribution is 7.22. The molecule has 5 nitrogen and oxygen atoms in total. The van der Waals surface area contributed by atoms with E-state index in [1.165, 1.54) is 5.56 Å². The Labute approximate surface area is 203 Å². The van der Waals surface area contributed by atoms with Gasteiger partial charge >= 0.3 is 0 Å². The second kappa shape index (κ2) is 9.03. The molecule has 0 aliphatic rings. The van der Waals surface area contributed by atoms with Crippen molar-refractivity contribution in [1.29, 1.82) is 0 Å². The van der Waals surface area contributed by atoms with E-state index in [2.05, 4.69) is 43.2 Å². The highest BCUT2D eigenvalue weighted by Crippen LogP contribution is 2.34. The fraction of sp³-hybridized carbons (Fsp3) is 0.250. The molecular formula is C28H28N4OS. The van der Waals surface area contributed by atoms with Crippen LogP contribution in [0, 0.1) is 13.8 Å². The van der Waals surface area contributed by atoms with E-state index < -0.39 is 0 Å². The van der Waals surface area contributed by atoms with E-state index in [0.29, 0.717) is 24.6 Å². The highest BCUT2D eigenvalue weighted by atomic mass is 32.1. The van der Waals surface area contributed by atoms with Crippen molar-refractivity contribution in [2.45, 2.75) is 40.2 Å². The molecule has 0 fully saturated rings. The van der Waals surface area contributed by atoms with Crippen LogP contribution in [0.3, 0.4) is 0 Å². The van der Waals surface area contributed by atoms with Gasteiger partial charge in [0.05, 0.1) is 22.5 Å². The van der Waals surface area contributed by atoms with Gasteiger partial charge in [-0.25, -0.2) is 4.98 Å². The third-order valence-corrected chi connectivity index (χ3v) is 7.24. The zero-order chi connectivity index (χ0) is 23.8. The topological polar surface area (TPSA) is 51.0 Å². The van der Waals surface area contributed by atoms with Gasteiger partial charge in [-0.15, -0.1) is 0 Å². The van der Waals surface area contributed by atoms with Crippen LogP contribution < -0.4 is 4.90 Å². The number of hydrogen-bond donors (Lipinski definition) is 0. The van der Waals surface area contributed by atoms with Crippen LogP contribution in [0.2, 0.25) is 0 Å². The average molecular weight is 469 g/mol. The molecule has 0 bridgehead atoms. The zero-order valence-corrected chi connectivity index (χ0v) is 20.8. The predicted molar refractivity (Wildman–Crippen MR) is 141 cm³/mol. The summed E-state index contributed by atoms with van der Waals surface area (Å²) in [7, 11) is 0. The molecule has 1 amide bonds. The minimum atomic E-state index is -0.0384. The molecule has 0 unspecified atom stereocenters. The van der Waals surface area contributed by atoms with Crippen LogP contribution in [0.15, 0.2) is 66.7 Å². The number of thiazole rings is 1. The number of aromatic nitrogens is 3. The van der Waals surface area contributed by atoms with Crippen LogP contribution in [0.1, 0.15) is 47.1 Å². The molecule has 0 atom stereocenters. The molecule has 34 heavy (non-hydrogen) atoms. The number of carbonyl (C=O) groups excluding carboxylic acids is 1. The third kappa shape index (κ3) is 4.10. The molecule has 0 radical (unpaired) electrons. The minimum Gasteiger partial charge on any atom is -0.282 e. The van der Waals surface area contributed by atoms with Gasteiger partial charge in [-0.1, -0.05) is 73.7 Å². The average Bonchev–Trinajstić information content (AvgIpc) is 3.40. The quantitative estimate of drug-likeness (QED) is 0.277. The number of anilines is 1. The SMILES string of the molecule is Cc1cc(C)n(CCN(C(=O)c2cccc3ccccc23)c2nc3c(C(C)C)cccc3s2)n1. The van der Waals surface area contributed by atoms with Crippen molar-refractivity contribution in [3.63, 3.8) is 0 Å². The fourth-order valence-corrected chi connectivity index (χ4v) is 5.50. The molecule has 0 saturated carbocycles. The molecular weight excluding hydrogens is 440 g/mol. The molecule has 0 spiro atoms. The Bertz CT molecular complexity index is 1490. The van der Waals surface area contributed by atoms with Crippen LogP contribution in [0.4, 0.5) is 5.13 Å². The molecule has 172 valence electrons. The number of carbonyl (C=O) groups is 1. The predicted octanol–water partition coefficient (Wildman–Crippen LogP) is 6.73. The standard InChI is InChI=1S/C28H28N4OS/c1-18(2)22-12-8-14-25-26(22)29-28(34-25)31(15-16-32-20(4)17-19(3)30-32)27(33)24-13-7-10-21-9-5-6-11-23(21)24/h5-14,17-18H,15-16H2,1-4H3. The summed E-state index contributed by atoms with van der Waals surface area (Å²) >= 11 is 1.57. The van der Waals surface area contributed by atoms with Gasteiger partial charge in [0.25, 0.3) is 5.91 Å². The number of benzene rings is 3. The second-order valence-electron chi connectivity index (χ2n) is 8.98. The maximum atomic E-state index is 14.0. The van der Waals surface area contributed by atoms with Crippen molar-refractivity contribution >= 4 is 43.4 Å². The lowest BCUT2D eigenvalue weighted by Gasteiger charge is -2.21. The molecule has 0 N–H and O–H groups in total. The van der Waals surface area contributed by atoms with Gasteiger partial charge in [-0.2, -0.15) is 5.10 Å². The van der Waals surface area contributed by atoms with Crippen molar-refractivity contribution in [2.75, 3.05) is 11.4 Å². The maximum absolute atomic E-state index is 14.0. The van der Waals surface area contributed by atoms with Gasteiger partial charge in [0, 0.05) is 17.8 Å². The van der Waals surface area contributed by atoms with Gasteiger partial charge < -0.3 is 0 Å². The van der Waals surface area contributed by atoms with E-state index in [-0.39, 0.29) is 5.91 Å². The second-order valence-corrected chi connectivity index (χ2v) is 9.99. The third-order valence-electron chi connectivity index (χ3n) is 6.20. The molecule has 3 aromatic carbocycles. The van der Waals surface area contributed by atoms with Crippen molar-refractivity contribution in [3.8, 4) is 0 Å². The summed E-state index contributed by atoms with van der Waals surface area (Å²) < 4.78 is 3.06. The normalized spacial score (nSPS) is 11.6. The summed E-state index contributed by atoms with van der Waals surface area (Å²) in [5.41, 5.74) is 4.94. The Balaban J connectivity index is 1.60. The lowest BCUT2D eigenvalue weighted by molar-refractivity contribution is 0.0987. The first-order valence-corrected chi connectivity index (χ1v) is 12.4. The van der Waals surface area contributed by atoms with Gasteiger partial charge in [-0.05, 0) is 54.3 Å². The van der Waals surface area contributed by atoms with Crippen LogP contribution in [-0.2, 0) is 6.54 Å². The smallest absolute Gasteiger partial charge is 0.260 e. The van der Waals surface area contributed by atoms with Crippen LogP contribution in [0.25, 0.3) is 21.0 Å². The monoisotopic (exact) mass is 468 g/mol. The number of rotatable bonds is 6. The number of aryl methyl sites for hydroxylation is 2. The molecule has 2 heterocycles. The number of hydrogen-bond acceptors (Lipinski definition) is 4. The Hall–Kier alpha value is -3.51. The van der Waals surface area contributed by atoms with Crippen molar-refractivity contribution in [1.82, 2.24) is 14.8 Å². The first-order valence-electron chi connectivity index (χ1n) is 11.6. The molecule has 6 heteroatoms. The van der Waals surface area contributed by atoms with E-state index in [9.17, 15) is 4.79 Å². The summed E-state index contributed by atoms with van der Waals surface area (Å²) in [4.78, 5) is 20.9. The first kappa shape index (κ1) is 22.3. The van der Waals surface area contributed by atoms with E-state index in [1.807, 2.05) is 65.9 Å². The van der Waals surface area contributed by atoms with Gasteiger partial charge in [0.2, 0.25) is 0 Å². The maximum Gasteiger partial charge on any atom is 0.260 e. The van der Waals surface area contributed by atoms with E-state index in [0.717, 1.165) is 37.5 Å². The minimum absolute atomic E-state index is 0.0384. The lowest BCUT2D eigenvalue weighted by Crippen LogP contribution is -2.34. The van der Waals surface area contributed by atoms with Gasteiger partial charge in [0.15, 0.2) is 5.13 Å². The Kier molecular flexibility index (Phi) is 5.92. The lowest BCUT2D eigenvalue weighted by atomic mass is 10.0. The highest BCUT2D eigenvalue weighted by Gasteiger charge is 2.24. The first-order chi connectivity index (χ1) is 16.4. The molecule has 5 rings (SSSR count). The number of amides is 1. The summed E-state index contributed by atoms with van der Waals surface area (Å²) in [6.07, 6.45) is 0. The fourth-order valence-electron chi connectivity index (χ4n) is 4.48. The number of fused-ring (bicyclic) bond motifs is 2. The van der Waals surface area contributed by atoms with Gasteiger partial charge in [-0.3, -0.25) is 14.4 Å². The van der Waals surface area contributed by atoms with Crippen molar-refractivity contribution in [3.05, 3.63) is 89.2 Å². The number of nitrogens with zero attached hydrogens (tertiary/aromatic N) is 4. The van der Waals surface area contributed by atoms with Crippen LogP contribution >= 0.6 is 11.3 Å². The van der Waals surface area contributed by atoms with E-state index >= 15 is 0 Å². The molecule has 0 aliphatic heterocycles. The van der Waals surface area contributed by atoms with Crippen molar-refractivity contribution < 1.29 is 4.79 Å². The summed E-state index contributed by atoms with van der Waals surface area (Å²) in [5, 5.41) is 7.33. The van der Waals surface area contributed by atoms with E-state index in [4.69, 9.17) is 4.98 Å². The molecule has 0 aliphatic carbocycles. The Morgan fingerprint density at radius 3 is 2.56 bits per heavy atom. The van der Waals surface area contributed by atoms with Gasteiger partial charge in [0.1, 0.15) is 0 Å². The molecule has 2 aromatic heterocycles. The zero-order valence-electron chi connectivity index (χ0n) is 19.9. The molecule has 0 saturated heterocycles. The van der Waals surface area contributed by atoms with Crippen LogP contribution in [-0.4, -0.2) is 27.2 Å². The summed E-state index contributed by atoms with van der Waals surface area (Å²) in [6, 6.07) is 22.3. The molecule has 5 aromatic rings. The Morgan fingerprint density at radius 2 is 1.79 bits per heavy atom.